The SMILES string of the molecule is C1CCC(CCC[NH+]2CCCC2C2NC(C3CCC(N4CCOCC4)[NH2+]C3)NO2)CC1. The van der Waals surface area contributed by atoms with E-state index in [4.69, 9.17) is 9.57 Å². The lowest BCUT2D eigenvalue weighted by Gasteiger charge is -2.37. The summed E-state index contributed by atoms with van der Waals surface area (Å²) in [5.41, 5.74) is 3.40. The Kier molecular flexibility index (Phi) is 8.15. The van der Waals surface area contributed by atoms with Crippen molar-refractivity contribution in [1.82, 2.24) is 15.7 Å². The number of nitrogens with two attached hydrogens (primary N) is 1. The number of hydrogen-bond acceptors (Lipinski definition) is 5. The molecule has 7 heteroatoms. The average Bonchev–Trinajstić information content (AvgIpc) is 3.50. The van der Waals surface area contributed by atoms with Gasteiger partial charge in [0.25, 0.3) is 0 Å². The van der Waals surface area contributed by atoms with Crippen molar-refractivity contribution in [2.24, 2.45) is 11.8 Å². The first-order chi connectivity index (χ1) is 15.4. The monoisotopic (exact) mass is 437 g/mol. The molecule has 0 aromatic rings. The Labute approximate surface area is 188 Å². The van der Waals surface area contributed by atoms with Crippen molar-refractivity contribution < 1.29 is 19.8 Å². The zero-order chi connectivity index (χ0) is 20.9. The number of nitrogens with one attached hydrogen (secondary N) is 3. The smallest absolute Gasteiger partial charge is 0.183 e. The quantitative estimate of drug-likeness (QED) is 0.444. The van der Waals surface area contributed by atoms with Gasteiger partial charge in [0.15, 0.2) is 6.23 Å². The van der Waals surface area contributed by atoms with Crippen molar-refractivity contribution >= 4 is 0 Å². The second kappa shape index (κ2) is 11.2. The Hall–Kier alpha value is -0.280. The number of rotatable bonds is 7. The molecule has 4 aliphatic heterocycles. The van der Waals surface area contributed by atoms with E-state index in [9.17, 15) is 0 Å². The molecule has 4 saturated heterocycles. The lowest BCUT2D eigenvalue weighted by atomic mass is 9.86. The molecule has 31 heavy (non-hydrogen) atoms. The Bertz CT molecular complexity index is 532. The maximum absolute atomic E-state index is 6.15. The van der Waals surface area contributed by atoms with Crippen LogP contribution < -0.4 is 21.0 Å². The second-order valence-corrected chi connectivity index (χ2v) is 10.9. The van der Waals surface area contributed by atoms with E-state index in [2.05, 4.69) is 21.0 Å². The predicted molar refractivity (Wildman–Crippen MR) is 120 cm³/mol. The van der Waals surface area contributed by atoms with Crippen molar-refractivity contribution in [1.29, 1.82) is 0 Å². The van der Waals surface area contributed by atoms with Crippen molar-refractivity contribution in [2.45, 2.75) is 95.2 Å². The molecular formula is C24H47N5O2+2. The van der Waals surface area contributed by atoms with Crippen LogP contribution in [0.15, 0.2) is 0 Å². The highest BCUT2D eigenvalue weighted by atomic mass is 16.7. The van der Waals surface area contributed by atoms with Crippen LogP contribution in [0.25, 0.3) is 0 Å². The third-order valence-corrected chi connectivity index (χ3v) is 8.93. The van der Waals surface area contributed by atoms with Gasteiger partial charge < -0.3 is 15.0 Å². The van der Waals surface area contributed by atoms with E-state index in [1.54, 1.807) is 4.90 Å². The minimum absolute atomic E-state index is 0.189. The number of quaternary nitrogens is 2. The first kappa shape index (κ1) is 22.5. The number of morpholine rings is 1. The molecule has 5 rings (SSSR count). The molecule has 0 aromatic carbocycles. The third-order valence-electron chi connectivity index (χ3n) is 8.93. The number of nitrogens with zero attached hydrogens (tertiary/aromatic N) is 1. The molecule has 1 aliphatic carbocycles. The lowest BCUT2D eigenvalue weighted by Crippen LogP contribution is -3.15. The van der Waals surface area contributed by atoms with Gasteiger partial charge in [0.05, 0.1) is 39.0 Å². The zero-order valence-corrected chi connectivity index (χ0v) is 19.5. The summed E-state index contributed by atoms with van der Waals surface area (Å²) in [6.07, 6.45) is 16.6. The summed E-state index contributed by atoms with van der Waals surface area (Å²) in [5.74, 6) is 1.67. The third kappa shape index (κ3) is 5.81. The van der Waals surface area contributed by atoms with Crippen LogP contribution in [0.1, 0.15) is 70.6 Å². The molecule has 1 saturated carbocycles. The maximum atomic E-state index is 6.15. The van der Waals surface area contributed by atoms with Gasteiger partial charge in [-0.15, -0.1) is 0 Å². The van der Waals surface area contributed by atoms with Crippen LogP contribution in [-0.4, -0.2) is 75.4 Å². The minimum atomic E-state index is 0.189. The molecule has 0 spiro atoms. The summed E-state index contributed by atoms with van der Waals surface area (Å²) in [6, 6.07) is 0.623. The fraction of sp³-hybridized carbons (Fsp3) is 1.00. The molecular weight excluding hydrogens is 390 g/mol. The fourth-order valence-electron chi connectivity index (χ4n) is 7.03. The summed E-state index contributed by atoms with van der Waals surface area (Å²) in [6.45, 7) is 7.85. The number of likely N-dealkylation sites (tertiary alicyclic amines) is 1. The van der Waals surface area contributed by atoms with E-state index in [0.717, 1.165) is 32.2 Å². The van der Waals surface area contributed by atoms with Gasteiger partial charge in [-0.05, 0) is 25.2 Å². The molecule has 4 heterocycles. The lowest BCUT2D eigenvalue weighted by molar-refractivity contribution is -0.916. The largest absolute Gasteiger partial charge is 0.379 e. The molecule has 5 aliphatic rings. The summed E-state index contributed by atoms with van der Waals surface area (Å²) < 4.78 is 5.52. The number of ether oxygens (including phenoxy) is 1. The van der Waals surface area contributed by atoms with Crippen molar-refractivity contribution in [3.8, 4) is 0 Å². The summed E-state index contributed by atoms with van der Waals surface area (Å²) in [7, 11) is 0. The molecule has 6 atom stereocenters. The van der Waals surface area contributed by atoms with Crippen LogP contribution in [0.4, 0.5) is 0 Å². The van der Waals surface area contributed by atoms with Crippen molar-refractivity contribution in [3.63, 3.8) is 0 Å². The molecule has 5 N–H and O–H groups in total. The second-order valence-electron chi connectivity index (χ2n) is 10.9. The Balaban J connectivity index is 1.04. The normalized spacial score (nSPS) is 41.0. The summed E-state index contributed by atoms with van der Waals surface area (Å²) in [4.78, 5) is 10.6. The fourth-order valence-corrected chi connectivity index (χ4v) is 7.03. The highest BCUT2D eigenvalue weighted by Crippen LogP contribution is 2.27. The van der Waals surface area contributed by atoms with Gasteiger partial charge in [0.1, 0.15) is 12.2 Å². The van der Waals surface area contributed by atoms with E-state index in [1.165, 1.54) is 90.3 Å². The first-order valence-electron chi connectivity index (χ1n) is 13.5. The van der Waals surface area contributed by atoms with Gasteiger partial charge >= 0.3 is 0 Å². The van der Waals surface area contributed by atoms with Crippen LogP contribution in [0.5, 0.6) is 0 Å². The highest BCUT2D eigenvalue weighted by molar-refractivity contribution is 4.84. The van der Waals surface area contributed by atoms with Crippen LogP contribution in [0.3, 0.4) is 0 Å². The Morgan fingerprint density at radius 1 is 0.968 bits per heavy atom. The van der Waals surface area contributed by atoms with Gasteiger partial charge in [-0.25, -0.2) is 4.90 Å². The van der Waals surface area contributed by atoms with E-state index in [-0.39, 0.29) is 6.23 Å². The molecule has 0 amide bonds. The summed E-state index contributed by atoms with van der Waals surface area (Å²) >= 11 is 0. The van der Waals surface area contributed by atoms with Gasteiger partial charge in [0.2, 0.25) is 0 Å². The topological polar surface area (TPSA) is 66.8 Å². The van der Waals surface area contributed by atoms with Crippen LogP contribution in [-0.2, 0) is 9.57 Å². The van der Waals surface area contributed by atoms with E-state index in [1.807, 2.05) is 0 Å². The van der Waals surface area contributed by atoms with Gasteiger partial charge in [0, 0.05) is 38.3 Å². The molecule has 6 unspecified atom stereocenters. The van der Waals surface area contributed by atoms with Gasteiger partial charge in [-0.3, -0.25) is 10.2 Å². The van der Waals surface area contributed by atoms with Crippen LogP contribution in [0, 0.1) is 11.8 Å². The average molecular weight is 438 g/mol. The maximum Gasteiger partial charge on any atom is 0.183 e. The highest BCUT2D eigenvalue weighted by Gasteiger charge is 2.44. The van der Waals surface area contributed by atoms with Gasteiger partial charge in [-0.1, -0.05) is 32.1 Å². The number of hydroxylamine groups is 1. The first-order valence-corrected chi connectivity index (χ1v) is 13.5. The molecule has 7 nitrogen and oxygen atoms in total. The number of hydrogen-bond donors (Lipinski definition) is 4. The standard InChI is InChI=1S/C24H45N5O2/c1-2-6-19(7-3-1)8-4-12-28-13-5-9-21(28)24-26-23(27-31-24)20-10-11-22(25-18-20)29-14-16-30-17-15-29/h19-27H,1-18H2/p+2. The van der Waals surface area contributed by atoms with Crippen LogP contribution in [0.2, 0.25) is 0 Å². The van der Waals surface area contributed by atoms with E-state index < -0.39 is 0 Å². The molecule has 178 valence electrons. The van der Waals surface area contributed by atoms with Crippen molar-refractivity contribution in [3.05, 3.63) is 0 Å². The molecule has 0 bridgehead atoms. The van der Waals surface area contributed by atoms with Gasteiger partial charge in [-0.2, -0.15) is 5.48 Å². The Morgan fingerprint density at radius 2 is 1.84 bits per heavy atom. The molecule has 5 fully saturated rings. The molecule has 0 aromatic heterocycles. The number of piperidine rings is 1. The van der Waals surface area contributed by atoms with E-state index in [0.29, 0.717) is 24.3 Å². The van der Waals surface area contributed by atoms with E-state index >= 15 is 0 Å². The Morgan fingerprint density at radius 3 is 2.65 bits per heavy atom. The zero-order valence-electron chi connectivity index (χ0n) is 19.5. The summed E-state index contributed by atoms with van der Waals surface area (Å²) in [5, 5.41) is 6.42. The predicted octanol–water partition coefficient (Wildman–Crippen LogP) is -0.197. The minimum Gasteiger partial charge on any atom is -0.379 e. The molecule has 0 radical (unpaired) electrons. The van der Waals surface area contributed by atoms with Crippen LogP contribution >= 0.6 is 0 Å². The van der Waals surface area contributed by atoms with Crippen molar-refractivity contribution in [2.75, 3.05) is 45.9 Å².